The molecule has 0 saturated carbocycles. The summed E-state index contributed by atoms with van der Waals surface area (Å²) in [7, 11) is -3.65. The van der Waals surface area contributed by atoms with Crippen molar-refractivity contribution in [1.82, 2.24) is 5.32 Å². The van der Waals surface area contributed by atoms with E-state index in [1.54, 1.807) is 12.1 Å². The fraction of sp³-hybridized carbons (Fsp3) is 0.130. The van der Waals surface area contributed by atoms with E-state index in [0.717, 1.165) is 16.8 Å². The minimum Gasteiger partial charge on any atom is -0.332 e. The third-order valence-corrected chi connectivity index (χ3v) is 7.04. The Labute approximate surface area is 187 Å². The third-order valence-electron chi connectivity index (χ3n) is 5.01. The molecule has 0 spiro atoms. The van der Waals surface area contributed by atoms with Crippen molar-refractivity contribution in [3.63, 3.8) is 0 Å². The number of benzene rings is 3. The first-order chi connectivity index (χ1) is 14.9. The fourth-order valence-electron chi connectivity index (χ4n) is 3.51. The number of thiocarbonyl (C=S) groups is 1. The van der Waals surface area contributed by atoms with Gasteiger partial charge in [-0.15, -0.1) is 0 Å². The Hall–Kier alpha value is -3.23. The molecular formula is C23H21N3O3S2. The van der Waals surface area contributed by atoms with Crippen molar-refractivity contribution in [2.75, 3.05) is 16.2 Å². The van der Waals surface area contributed by atoms with Gasteiger partial charge in [0.15, 0.2) is 5.11 Å². The molecule has 0 unspecified atom stereocenters. The second kappa shape index (κ2) is 8.87. The van der Waals surface area contributed by atoms with Gasteiger partial charge in [-0.1, -0.05) is 48.5 Å². The smallest absolute Gasteiger partial charge is 0.264 e. The number of anilines is 2. The number of fused-ring (bicyclic) bond motifs is 1. The van der Waals surface area contributed by atoms with Crippen molar-refractivity contribution < 1.29 is 13.2 Å². The van der Waals surface area contributed by atoms with Crippen molar-refractivity contribution in [2.45, 2.75) is 17.7 Å². The summed E-state index contributed by atoms with van der Waals surface area (Å²) in [6.45, 7) is 0.430. The summed E-state index contributed by atoms with van der Waals surface area (Å²) >= 11 is 5.20. The number of rotatable bonds is 5. The monoisotopic (exact) mass is 451 g/mol. The summed E-state index contributed by atoms with van der Waals surface area (Å²) in [5.41, 5.74) is 3.24. The zero-order valence-electron chi connectivity index (χ0n) is 16.6. The first-order valence-electron chi connectivity index (χ1n) is 9.79. The SMILES string of the molecule is O=C(Cc1ccccc1)NC(=S)Nc1ccc(S(=O)(=O)N2CCc3ccccc32)cc1. The molecule has 0 fully saturated rings. The third kappa shape index (κ3) is 4.76. The van der Waals surface area contributed by atoms with E-state index in [2.05, 4.69) is 10.6 Å². The first kappa shape index (κ1) is 21.0. The molecule has 0 aliphatic carbocycles. The summed E-state index contributed by atoms with van der Waals surface area (Å²) in [4.78, 5) is 12.3. The Morgan fingerprint density at radius 1 is 0.935 bits per heavy atom. The molecule has 3 aromatic carbocycles. The van der Waals surface area contributed by atoms with E-state index in [1.165, 1.54) is 16.4 Å². The molecule has 0 saturated heterocycles. The van der Waals surface area contributed by atoms with Gasteiger partial charge in [-0.25, -0.2) is 8.42 Å². The van der Waals surface area contributed by atoms with Crippen LogP contribution < -0.4 is 14.9 Å². The van der Waals surface area contributed by atoms with Crippen LogP contribution in [-0.4, -0.2) is 26.0 Å². The van der Waals surface area contributed by atoms with Crippen molar-refractivity contribution >= 4 is 44.6 Å². The van der Waals surface area contributed by atoms with Crippen LogP contribution in [0.5, 0.6) is 0 Å². The Morgan fingerprint density at radius 2 is 1.61 bits per heavy atom. The van der Waals surface area contributed by atoms with Crippen LogP contribution in [0.15, 0.2) is 83.8 Å². The van der Waals surface area contributed by atoms with Gasteiger partial charge in [0.1, 0.15) is 0 Å². The van der Waals surface area contributed by atoms with Gasteiger partial charge in [-0.2, -0.15) is 0 Å². The van der Waals surface area contributed by atoms with Gasteiger partial charge in [0.05, 0.1) is 17.0 Å². The molecule has 2 N–H and O–H groups in total. The summed E-state index contributed by atoms with van der Waals surface area (Å²) < 4.78 is 27.6. The maximum Gasteiger partial charge on any atom is 0.264 e. The molecule has 0 atom stereocenters. The van der Waals surface area contributed by atoms with Crippen LogP contribution in [0.1, 0.15) is 11.1 Å². The Morgan fingerprint density at radius 3 is 2.35 bits per heavy atom. The molecule has 1 amide bonds. The molecule has 0 bridgehead atoms. The zero-order chi connectivity index (χ0) is 21.8. The lowest BCUT2D eigenvalue weighted by molar-refractivity contribution is -0.119. The largest absolute Gasteiger partial charge is 0.332 e. The van der Waals surface area contributed by atoms with Gasteiger partial charge in [0, 0.05) is 12.2 Å². The van der Waals surface area contributed by atoms with Crippen molar-refractivity contribution in [1.29, 1.82) is 0 Å². The lowest BCUT2D eigenvalue weighted by atomic mass is 10.1. The number of nitrogens with one attached hydrogen (secondary N) is 2. The van der Waals surface area contributed by atoms with E-state index in [1.807, 2.05) is 54.6 Å². The number of carbonyl (C=O) groups is 1. The van der Waals surface area contributed by atoms with Crippen molar-refractivity contribution in [3.8, 4) is 0 Å². The molecule has 0 aromatic heterocycles. The number of carbonyl (C=O) groups excluding carboxylic acids is 1. The van der Waals surface area contributed by atoms with E-state index in [-0.39, 0.29) is 22.3 Å². The van der Waals surface area contributed by atoms with Gasteiger partial charge < -0.3 is 10.6 Å². The maximum absolute atomic E-state index is 13.1. The highest BCUT2D eigenvalue weighted by molar-refractivity contribution is 7.92. The predicted octanol–water partition coefficient (Wildman–Crippen LogP) is 3.49. The number of sulfonamides is 1. The van der Waals surface area contributed by atoms with Gasteiger partial charge in [-0.3, -0.25) is 9.10 Å². The van der Waals surface area contributed by atoms with E-state index < -0.39 is 10.0 Å². The molecule has 1 aliphatic rings. The zero-order valence-corrected chi connectivity index (χ0v) is 18.2. The second-order valence-corrected chi connectivity index (χ2v) is 9.42. The minimum atomic E-state index is -3.65. The molecule has 0 radical (unpaired) electrons. The van der Waals surface area contributed by atoms with Crippen LogP contribution in [0.3, 0.4) is 0 Å². The van der Waals surface area contributed by atoms with Crippen molar-refractivity contribution in [2.24, 2.45) is 0 Å². The van der Waals surface area contributed by atoms with Crippen molar-refractivity contribution in [3.05, 3.63) is 90.0 Å². The Balaban J connectivity index is 1.39. The number of nitrogens with zero attached hydrogens (tertiary/aromatic N) is 1. The Kier molecular flexibility index (Phi) is 6.01. The molecule has 8 heteroatoms. The summed E-state index contributed by atoms with van der Waals surface area (Å²) in [6.07, 6.45) is 0.920. The molecule has 1 aliphatic heterocycles. The molecule has 4 rings (SSSR count). The Bertz CT molecular complexity index is 1210. The van der Waals surface area contributed by atoms with Crippen LogP contribution >= 0.6 is 12.2 Å². The van der Waals surface area contributed by atoms with Crippen LogP contribution in [0.2, 0.25) is 0 Å². The quantitative estimate of drug-likeness (QED) is 0.581. The predicted molar refractivity (Wildman–Crippen MR) is 126 cm³/mol. The minimum absolute atomic E-state index is 0.157. The van der Waals surface area contributed by atoms with E-state index in [0.29, 0.717) is 18.7 Å². The number of para-hydroxylation sites is 1. The van der Waals surface area contributed by atoms with E-state index in [4.69, 9.17) is 12.2 Å². The van der Waals surface area contributed by atoms with Gasteiger partial charge in [-0.05, 0) is 60.1 Å². The normalized spacial score (nSPS) is 12.8. The number of hydrogen-bond acceptors (Lipinski definition) is 4. The van der Waals surface area contributed by atoms with Gasteiger partial charge >= 0.3 is 0 Å². The lowest BCUT2D eigenvalue weighted by Crippen LogP contribution is -2.35. The van der Waals surface area contributed by atoms with Crippen LogP contribution in [0.25, 0.3) is 0 Å². The van der Waals surface area contributed by atoms with Crippen LogP contribution in [0.4, 0.5) is 11.4 Å². The molecule has 31 heavy (non-hydrogen) atoms. The standard InChI is InChI=1S/C23H21N3O3S2/c27-22(16-17-6-2-1-3-7-17)25-23(30)24-19-10-12-20(13-11-19)31(28,29)26-15-14-18-8-4-5-9-21(18)26/h1-13H,14-16H2,(H2,24,25,27,30). The van der Waals surface area contributed by atoms with E-state index in [9.17, 15) is 13.2 Å². The highest BCUT2D eigenvalue weighted by Gasteiger charge is 2.30. The highest BCUT2D eigenvalue weighted by Crippen LogP contribution is 2.32. The summed E-state index contributed by atoms with van der Waals surface area (Å²) in [5, 5.41) is 5.70. The highest BCUT2D eigenvalue weighted by atomic mass is 32.2. The maximum atomic E-state index is 13.1. The number of amides is 1. The summed E-state index contributed by atoms with van der Waals surface area (Å²) in [6, 6.07) is 23.2. The summed E-state index contributed by atoms with van der Waals surface area (Å²) in [5.74, 6) is -0.226. The molecular weight excluding hydrogens is 430 g/mol. The molecule has 158 valence electrons. The fourth-order valence-corrected chi connectivity index (χ4v) is 5.24. The average molecular weight is 452 g/mol. The van der Waals surface area contributed by atoms with E-state index >= 15 is 0 Å². The van der Waals surface area contributed by atoms with Gasteiger partial charge in [0.25, 0.3) is 10.0 Å². The van der Waals surface area contributed by atoms with Crippen LogP contribution in [-0.2, 0) is 27.7 Å². The topological polar surface area (TPSA) is 78.5 Å². The van der Waals surface area contributed by atoms with Gasteiger partial charge in [0.2, 0.25) is 5.91 Å². The average Bonchev–Trinajstić information content (AvgIpc) is 3.20. The first-order valence-corrected chi connectivity index (χ1v) is 11.6. The molecule has 1 heterocycles. The molecule has 3 aromatic rings. The second-order valence-electron chi connectivity index (χ2n) is 7.14. The van der Waals surface area contributed by atoms with Crippen LogP contribution in [0, 0.1) is 0 Å². The number of hydrogen-bond donors (Lipinski definition) is 2. The lowest BCUT2D eigenvalue weighted by Gasteiger charge is -2.19. The molecule has 6 nitrogen and oxygen atoms in total.